The molecule has 1 aromatic rings. The van der Waals surface area contributed by atoms with Crippen molar-refractivity contribution >= 4 is 20.0 Å². The van der Waals surface area contributed by atoms with Crippen LogP contribution in [0.1, 0.15) is 46.5 Å². The van der Waals surface area contributed by atoms with Gasteiger partial charge in [0.15, 0.2) is 0 Å². The van der Waals surface area contributed by atoms with Crippen molar-refractivity contribution in [2.45, 2.75) is 61.8 Å². The Morgan fingerprint density at radius 2 is 1.29 bits per heavy atom. The van der Waals surface area contributed by atoms with Crippen LogP contribution in [0.25, 0.3) is 0 Å². The van der Waals surface area contributed by atoms with Gasteiger partial charge in [-0.05, 0) is 57.9 Å². The first-order chi connectivity index (χ1) is 11.0. The molecule has 1 saturated heterocycles. The van der Waals surface area contributed by atoms with Gasteiger partial charge in [-0.1, -0.05) is 12.8 Å². The van der Waals surface area contributed by atoms with Gasteiger partial charge in [0, 0.05) is 18.6 Å². The van der Waals surface area contributed by atoms with Crippen molar-refractivity contribution in [3.8, 4) is 0 Å². The Bertz CT molecular complexity index is 755. The number of hydrogen-bond acceptors (Lipinski definition) is 4. The van der Waals surface area contributed by atoms with Gasteiger partial charge in [0.1, 0.15) is 0 Å². The average molecular weight is 375 g/mol. The van der Waals surface area contributed by atoms with Crippen molar-refractivity contribution in [2.75, 3.05) is 13.1 Å². The second-order valence-electron chi connectivity index (χ2n) is 7.15. The standard InChI is InChI=1S/C16H26N2O4S2/c1-16(2,3)17-23(19,20)14-8-10-15(11-9-14)24(21,22)18-12-6-4-5-7-13-18/h8-11,17H,4-7,12-13H2,1-3H3. The first-order valence-electron chi connectivity index (χ1n) is 8.17. The summed E-state index contributed by atoms with van der Waals surface area (Å²) in [5, 5.41) is 0. The molecular weight excluding hydrogens is 348 g/mol. The first kappa shape index (κ1) is 19.4. The molecule has 1 aromatic carbocycles. The van der Waals surface area contributed by atoms with E-state index >= 15 is 0 Å². The second-order valence-corrected chi connectivity index (χ2v) is 10.8. The summed E-state index contributed by atoms with van der Waals surface area (Å²) in [5.74, 6) is 0. The lowest BCUT2D eigenvalue weighted by atomic mass is 10.1. The zero-order valence-electron chi connectivity index (χ0n) is 14.4. The molecule has 8 heteroatoms. The van der Waals surface area contributed by atoms with E-state index in [9.17, 15) is 16.8 Å². The Morgan fingerprint density at radius 3 is 1.75 bits per heavy atom. The molecule has 0 spiro atoms. The third-order valence-corrected chi connectivity index (χ3v) is 7.46. The van der Waals surface area contributed by atoms with Crippen LogP contribution in [0.5, 0.6) is 0 Å². The smallest absolute Gasteiger partial charge is 0.207 e. The minimum atomic E-state index is -3.67. The van der Waals surface area contributed by atoms with Crippen LogP contribution in [-0.4, -0.2) is 39.8 Å². The quantitative estimate of drug-likeness (QED) is 0.877. The minimum absolute atomic E-state index is 0.0623. The van der Waals surface area contributed by atoms with Crippen LogP contribution < -0.4 is 4.72 Å². The fraction of sp³-hybridized carbons (Fsp3) is 0.625. The highest BCUT2D eigenvalue weighted by Gasteiger charge is 2.26. The Labute approximate surface area is 145 Å². The van der Waals surface area contributed by atoms with Gasteiger partial charge >= 0.3 is 0 Å². The predicted molar refractivity (Wildman–Crippen MR) is 93.7 cm³/mol. The van der Waals surface area contributed by atoms with Crippen LogP contribution in [0, 0.1) is 0 Å². The van der Waals surface area contributed by atoms with Crippen molar-refractivity contribution in [2.24, 2.45) is 0 Å². The highest BCUT2D eigenvalue weighted by Crippen LogP contribution is 2.22. The number of rotatable bonds is 4. The average Bonchev–Trinajstić information content (AvgIpc) is 2.74. The highest BCUT2D eigenvalue weighted by atomic mass is 32.2. The maximum Gasteiger partial charge on any atom is 0.243 e. The van der Waals surface area contributed by atoms with Crippen LogP contribution in [-0.2, 0) is 20.0 Å². The van der Waals surface area contributed by atoms with E-state index in [1.807, 2.05) is 0 Å². The summed E-state index contributed by atoms with van der Waals surface area (Å²) in [5.41, 5.74) is -0.602. The molecule has 0 saturated carbocycles. The van der Waals surface area contributed by atoms with Gasteiger partial charge in [0.25, 0.3) is 0 Å². The molecule has 1 N–H and O–H groups in total. The second kappa shape index (κ2) is 7.11. The van der Waals surface area contributed by atoms with E-state index in [4.69, 9.17) is 0 Å². The molecule has 136 valence electrons. The molecule has 0 aromatic heterocycles. The molecule has 0 unspecified atom stereocenters. The molecule has 0 bridgehead atoms. The SMILES string of the molecule is CC(C)(C)NS(=O)(=O)c1ccc(S(=O)(=O)N2CCCCCC2)cc1. The van der Waals surface area contributed by atoms with Crippen molar-refractivity contribution in [3.63, 3.8) is 0 Å². The molecule has 0 atom stereocenters. The van der Waals surface area contributed by atoms with Gasteiger partial charge < -0.3 is 0 Å². The van der Waals surface area contributed by atoms with Gasteiger partial charge in [0.2, 0.25) is 20.0 Å². The number of hydrogen-bond donors (Lipinski definition) is 1. The highest BCUT2D eigenvalue weighted by molar-refractivity contribution is 7.89. The van der Waals surface area contributed by atoms with E-state index in [2.05, 4.69) is 4.72 Å². The number of nitrogens with zero attached hydrogens (tertiary/aromatic N) is 1. The van der Waals surface area contributed by atoms with E-state index in [1.54, 1.807) is 20.8 Å². The zero-order chi connectivity index (χ0) is 18.0. The van der Waals surface area contributed by atoms with E-state index < -0.39 is 25.6 Å². The molecule has 1 heterocycles. The summed E-state index contributed by atoms with van der Waals surface area (Å²) in [6.45, 7) is 6.30. The van der Waals surface area contributed by atoms with Crippen molar-refractivity contribution in [1.29, 1.82) is 0 Å². The molecule has 0 radical (unpaired) electrons. The fourth-order valence-electron chi connectivity index (χ4n) is 2.68. The molecule has 1 fully saturated rings. The largest absolute Gasteiger partial charge is 0.243 e. The minimum Gasteiger partial charge on any atom is -0.207 e. The fourth-order valence-corrected chi connectivity index (χ4v) is 5.62. The van der Waals surface area contributed by atoms with Gasteiger partial charge in [-0.15, -0.1) is 0 Å². The van der Waals surface area contributed by atoms with Gasteiger partial charge in [-0.25, -0.2) is 21.6 Å². The van der Waals surface area contributed by atoms with Crippen molar-refractivity contribution in [1.82, 2.24) is 9.03 Å². The van der Waals surface area contributed by atoms with E-state index in [0.717, 1.165) is 25.7 Å². The van der Waals surface area contributed by atoms with Crippen LogP contribution in [0.15, 0.2) is 34.1 Å². The number of sulfonamides is 2. The summed E-state index contributed by atoms with van der Waals surface area (Å²) in [6, 6.07) is 5.44. The van der Waals surface area contributed by atoms with Crippen LogP contribution in [0.2, 0.25) is 0 Å². The van der Waals surface area contributed by atoms with Crippen molar-refractivity contribution in [3.05, 3.63) is 24.3 Å². The molecule has 0 aliphatic carbocycles. The van der Waals surface area contributed by atoms with Crippen molar-refractivity contribution < 1.29 is 16.8 Å². The number of benzene rings is 1. The van der Waals surface area contributed by atoms with Crippen LogP contribution in [0.3, 0.4) is 0 Å². The summed E-state index contributed by atoms with van der Waals surface area (Å²) in [6.07, 6.45) is 3.81. The lowest BCUT2D eigenvalue weighted by Gasteiger charge is -2.21. The Balaban J connectivity index is 2.25. The zero-order valence-corrected chi connectivity index (χ0v) is 16.1. The molecule has 1 aliphatic heterocycles. The van der Waals surface area contributed by atoms with Crippen LogP contribution >= 0.6 is 0 Å². The summed E-state index contributed by atoms with van der Waals surface area (Å²) >= 11 is 0. The predicted octanol–water partition coefficient (Wildman–Crippen LogP) is 2.33. The maximum absolute atomic E-state index is 12.7. The molecule has 1 aliphatic rings. The molecular formula is C16H26N2O4S2. The number of nitrogens with one attached hydrogen (secondary N) is 1. The van der Waals surface area contributed by atoms with Gasteiger partial charge in [-0.3, -0.25) is 0 Å². The van der Waals surface area contributed by atoms with Crippen LogP contribution in [0.4, 0.5) is 0 Å². The third-order valence-electron chi connectivity index (χ3n) is 3.78. The van der Waals surface area contributed by atoms with E-state index in [0.29, 0.717) is 13.1 Å². The van der Waals surface area contributed by atoms with Gasteiger partial charge in [-0.2, -0.15) is 4.31 Å². The Kier molecular flexibility index (Phi) is 5.74. The molecule has 0 amide bonds. The van der Waals surface area contributed by atoms with E-state index in [-0.39, 0.29) is 9.79 Å². The molecule has 2 rings (SSSR count). The summed E-state index contributed by atoms with van der Waals surface area (Å²) < 4.78 is 54.0. The summed E-state index contributed by atoms with van der Waals surface area (Å²) in [7, 11) is -7.23. The van der Waals surface area contributed by atoms with E-state index in [1.165, 1.54) is 28.6 Å². The summed E-state index contributed by atoms with van der Waals surface area (Å²) in [4.78, 5) is 0.200. The topological polar surface area (TPSA) is 83.5 Å². The lowest BCUT2D eigenvalue weighted by molar-refractivity contribution is 0.423. The first-order valence-corrected chi connectivity index (χ1v) is 11.1. The Morgan fingerprint density at radius 1 is 0.833 bits per heavy atom. The molecule has 6 nitrogen and oxygen atoms in total. The Hall–Kier alpha value is -0.960. The monoisotopic (exact) mass is 374 g/mol. The third kappa shape index (κ3) is 4.78. The normalized spacial score (nSPS) is 18.3. The lowest BCUT2D eigenvalue weighted by Crippen LogP contribution is -2.40. The molecule has 24 heavy (non-hydrogen) atoms. The maximum atomic E-state index is 12.7. The van der Waals surface area contributed by atoms with Gasteiger partial charge in [0.05, 0.1) is 9.79 Å².